The number of hydrogen-bond donors (Lipinski definition) is 1. The van der Waals surface area contributed by atoms with Crippen LogP contribution >= 0.6 is 11.6 Å². The predicted octanol–water partition coefficient (Wildman–Crippen LogP) is 4.34. The van der Waals surface area contributed by atoms with Crippen LogP contribution in [0, 0.1) is 0 Å². The second-order valence-corrected chi connectivity index (χ2v) is 5.77. The molecule has 0 aromatic heterocycles. The van der Waals surface area contributed by atoms with Crippen LogP contribution in [-0.2, 0) is 9.53 Å². The van der Waals surface area contributed by atoms with Crippen LogP contribution in [0.15, 0.2) is 54.6 Å². The van der Waals surface area contributed by atoms with Crippen molar-refractivity contribution in [2.45, 2.75) is 25.4 Å². The third kappa shape index (κ3) is 4.57. The molecule has 2 aromatic rings. The highest BCUT2D eigenvalue weighted by Gasteiger charge is 2.20. The molecule has 0 aliphatic heterocycles. The van der Waals surface area contributed by atoms with Gasteiger partial charge in [-0.25, -0.2) is 0 Å². The molecule has 23 heavy (non-hydrogen) atoms. The van der Waals surface area contributed by atoms with Crippen LogP contribution in [0.3, 0.4) is 0 Å². The smallest absolute Gasteiger partial charge is 0.227 e. The fraction of sp³-hybridized carbons (Fsp3) is 0.316. The molecule has 0 saturated carbocycles. The number of carbonyl (C=O) groups excluding carboxylic acids is 1. The van der Waals surface area contributed by atoms with Crippen molar-refractivity contribution in [1.82, 2.24) is 5.32 Å². The highest BCUT2D eigenvalue weighted by molar-refractivity contribution is 6.31. The first-order chi connectivity index (χ1) is 11.2. The summed E-state index contributed by atoms with van der Waals surface area (Å²) in [5.41, 5.74) is 1.91. The standard InChI is InChI=1S/C19H22ClNO2/c1-3-15(14-9-5-4-6-10-14)19(22)21-13-18(23-2)16-11-7-8-12-17(16)20/h4-12,15,18H,3,13H2,1-2H3,(H,21,22)/t15-,18+/m1/s1. The van der Waals surface area contributed by atoms with E-state index in [-0.39, 0.29) is 17.9 Å². The molecule has 0 aliphatic rings. The minimum absolute atomic E-state index is 0.00723. The van der Waals surface area contributed by atoms with E-state index < -0.39 is 0 Å². The number of benzene rings is 2. The number of ether oxygens (including phenoxy) is 1. The van der Waals surface area contributed by atoms with E-state index in [0.717, 1.165) is 17.5 Å². The van der Waals surface area contributed by atoms with E-state index in [1.165, 1.54) is 0 Å². The Kier molecular flexibility index (Phi) is 6.63. The highest BCUT2D eigenvalue weighted by atomic mass is 35.5. The van der Waals surface area contributed by atoms with Crippen LogP contribution < -0.4 is 5.32 Å². The zero-order valence-electron chi connectivity index (χ0n) is 13.5. The molecule has 1 amide bonds. The zero-order chi connectivity index (χ0) is 16.7. The summed E-state index contributed by atoms with van der Waals surface area (Å²) >= 11 is 6.21. The molecule has 122 valence electrons. The molecule has 3 nitrogen and oxygen atoms in total. The van der Waals surface area contributed by atoms with Gasteiger partial charge in [0.25, 0.3) is 0 Å². The summed E-state index contributed by atoms with van der Waals surface area (Å²) in [5.74, 6) is -0.146. The van der Waals surface area contributed by atoms with Crippen molar-refractivity contribution >= 4 is 17.5 Å². The first-order valence-electron chi connectivity index (χ1n) is 7.77. The maximum atomic E-state index is 12.5. The summed E-state index contributed by atoms with van der Waals surface area (Å²) in [6, 6.07) is 17.3. The Morgan fingerprint density at radius 1 is 1.13 bits per heavy atom. The van der Waals surface area contributed by atoms with Crippen LogP contribution in [0.25, 0.3) is 0 Å². The molecule has 0 aliphatic carbocycles. The molecule has 4 heteroatoms. The lowest BCUT2D eigenvalue weighted by atomic mass is 9.95. The van der Waals surface area contributed by atoms with Crippen molar-refractivity contribution < 1.29 is 9.53 Å². The molecule has 0 bridgehead atoms. The minimum atomic E-state index is -0.263. The molecule has 2 aromatic carbocycles. The lowest BCUT2D eigenvalue weighted by molar-refractivity contribution is -0.123. The normalized spacial score (nSPS) is 13.3. The highest BCUT2D eigenvalue weighted by Crippen LogP contribution is 2.25. The third-order valence-electron chi connectivity index (χ3n) is 3.92. The molecule has 0 radical (unpaired) electrons. The van der Waals surface area contributed by atoms with Gasteiger partial charge >= 0.3 is 0 Å². The average molecular weight is 332 g/mol. The fourth-order valence-electron chi connectivity index (χ4n) is 2.63. The summed E-state index contributed by atoms with van der Waals surface area (Å²) in [4.78, 5) is 12.5. The van der Waals surface area contributed by atoms with E-state index in [9.17, 15) is 4.79 Å². The zero-order valence-corrected chi connectivity index (χ0v) is 14.2. The molecule has 0 unspecified atom stereocenters. The summed E-state index contributed by atoms with van der Waals surface area (Å²) in [6.07, 6.45) is 0.487. The lowest BCUT2D eigenvalue weighted by Gasteiger charge is -2.20. The van der Waals surface area contributed by atoms with Gasteiger partial charge in [-0.15, -0.1) is 0 Å². The van der Waals surface area contributed by atoms with Crippen molar-refractivity contribution in [1.29, 1.82) is 0 Å². The van der Waals surface area contributed by atoms with Crippen molar-refractivity contribution in [3.8, 4) is 0 Å². The summed E-state index contributed by atoms with van der Waals surface area (Å²) in [5, 5.41) is 3.63. The number of halogens is 1. The van der Waals surface area contributed by atoms with Crippen molar-refractivity contribution in [3.05, 3.63) is 70.7 Å². The van der Waals surface area contributed by atoms with E-state index >= 15 is 0 Å². The summed E-state index contributed by atoms with van der Waals surface area (Å²) in [6.45, 7) is 2.40. The Labute approximate surface area is 142 Å². The molecular weight excluding hydrogens is 310 g/mol. The minimum Gasteiger partial charge on any atom is -0.375 e. The quantitative estimate of drug-likeness (QED) is 0.819. The Morgan fingerprint density at radius 2 is 1.78 bits per heavy atom. The molecule has 0 heterocycles. The molecule has 2 atom stereocenters. The van der Waals surface area contributed by atoms with Gasteiger partial charge in [-0.2, -0.15) is 0 Å². The molecular formula is C19H22ClNO2. The van der Waals surface area contributed by atoms with E-state index in [1.807, 2.05) is 61.5 Å². The van der Waals surface area contributed by atoms with Gasteiger partial charge in [0.15, 0.2) is 0 Å². The van der Waals surface area contributed by atoms with Crippen LogP contribution in [0.1, 0.15) is 36.5 Å². The molecule has 2 rings (SSSR count). The van der Waals surface area contributed by atoms with Gasteiger partial charge in [-0.05, 0) is 18.1 Å². The third-order valence-corrected chi connectivity index (χ3v) is 4.27. The van der Waals surface area contributed by atoms with E-state index in [1.54, 1.807) is 7.11 Å². The number of carbonyl (C=O) groups is 1. The van der Waals surface area contributed by atoms with Gasteiger partial charge in [-0.3, -0.25) is 4.79 Å². The van der Waals surface area contributed by atoms with Crippen LogP contribution in [-0.4, -0.2) is 19.6 Å². The van der Waals surface area contributed by atoms with Crippen molar-refractivity contribution in [2.75, 3.05) is 13.7 Å². The van der Waals surface area contributed by atoms with Crippen molar-refractivity contribution in [3.63, 3.8) is 0 Å². The monoisotopic (exact) mass is 331 g/mol. The summed E-state index contributed by atoms with van der Waals surface area (Å²) < 4.78 is 5.49. The molecule has 0 saturated heterocycles. The van der Waals surface area contributed by atoms with Crippen LogP contribution in [0.4, 0.5) is 0 Å². The lowest BCUT2D eigenvalue weighted by Crippen LogP contribution is -2.33. The number of amides is 1. The van der Waals surface area contributed by atoms with Crippen molar-refractivity contribution in [2.24, 2.45) is 0 Å². The SMILES string of the molecule is CC[C@@H](C(=O)NC[C@H](OC)c1ccccc1Cl)c1ccccc1. The fourth-order valence-corrected chi connectivity index (χ4v) is 2.89. The Hall–Kier alpha value is -1.84. The van der Waals surface area contributed by atoms with E-state index in [2.05, 4.69) is 5.32 Å². The second kappa shape index (κ2) is 8.70. The van der Waals surface area contributed by atoms with Gasteiger partial charge in [0.2, 0.25) is 5.91 Å². The van der Waals surface area contributed by atoms with E-state index in [0.29, 0.717) is 11.6 Å². The maximum Gasteiger partial charge on any atom is 0.227 e. The Morgan fingerprint density at radius 3 is 2.39 bits per heavy atom. The topological polar surface area (TPSA) is 38.3 Å². The van der Waals surface area contributed by atoms with E-state index in [4.69, 9.17) is 16.3 Å². The van der Waals surface area contributed by atoms with Gasteiger partial charge in [0, 0.05) is 24.2 Å². The molecule has 0 fully saturated rings. The largest absolute Gasteiger partial charge is 0.375 e. The number of rotatable bonds is 7. The Balaban J connectivity index is 2.03. The predicted molar refractivity (Wildman–Crippen MR) is 93.7 cm³/mol. The molecule has 1 N–H and O–H groups in total. The molecule has 0 spiro atoms. The average Bonchev–Trinajstić information content (AvgIpc) is 2.58. The number of methoxy groups -OCH3 is 1. The van der Waals surface area contributed by atoms with Crippen LogP contribution in [0.5, 0.6) is 0 Å². The second-order valence-electron chi connectivity index (χ2n) is 5.36. The number of nitrogens with one attached hydrogen (secondary N) is 1. The van der Waals surface area contributed by atoms with Gasteiger partial charge in [0.05, 0.1) is 5.92 Å². The van der Waals surface area contributed by atoms with Gasteiger partial charge in [0.1, 0.15) is 6.10 Å². The van der Waals surface area contributed by atoms with Crippen LogP contribution in [0.2, 0.25) is 5.02 Å². The maximum absolute atomic E-state index is 12.5. The van der Waals surface area contributed by atoms with Gasteiger partial charge < -0.3 is 10.1 Å². The Bertz CT molecular complexity index is 630. The first kappa shape index (κ1) is 17.5. The first-order valence-corrected chi connectivity index (χ1v) is 8.15. The number of hydrogen-bond acceptors (Lipinski definition) is 2. The summed E-state index contributed by atoms with van der Waals surface area (Å²) in [7, 11) is 1.62. The van der Waals surface area contributed by atoms with Gasteiger partial charge in [-0.1, -0.05) is 67.1 Å².